The molecule has 4 nitrogen and oxygen atoms in total. The van der Waals surface area contributed by atoms with Gasteiger partial charge in [0.2, 0.25) is 0 Å². The number of hydrogen-bond donors (Lipinski definition) is 1. The third-order valence-corrected chi connectivity index (χ3v) is 2.52. The van der Waals surface area contributed by atoms with Crippen molar-refractivity contribution in [2.24, 2.45) is 0 Å². The van der Waals surface area contributed by atoms with Crippen molar-refractivity contribution in [3.63, 3.8) is 0 Å². The number of rotatable bonds is 4. The van der Waals surface area contributed by atoms with Crippen LogP contribution in [0.4, 0.5) is 8.78 Å². The average molecular weight is 283 g/mol. The highest BCUT2D eigenvalue weighted by atomic mass is 79.9. The summed E-state index contributed by atoms with van der Waals surface area (Å²) in [6.07, 6.45) is -1.18. The van der Waals surface area contributed by atoms with Crippen LogP contribution in [-0.2, 0) is 4.79 Å². The SMILES string of the molecule is CC[C@H](C(=O)O)n1cc(Br)c(C(F)F)n1. The molecule has 0 amide bonds. The van der Waals surface area contributed by atoms with Crippen molar-refractivity contribution in [3.8, 4) is 0 Å². The summed E-state index contributed by atoms with van der Waals surface area (Å²) in [6, 6.07) is -0.909. The zero-order valence-corrected chi connectivity index (χ0v) is 9.41. The lowest BCUT2D eigenvalue weighted by Crippen LogP contribution is -2.18. The minimum absolute atomic E-state index is 0.122. The Balaban J connectivity index is 3.05. The van der Waals surface area contributed by atoms with Crippen LogP contribution >= 0.6 is 15.9 Å². The van der Waals surface area contributed by atoms with E-state index in [2.05, 4.69) is 21.0 Å². The maximum atomic E-state index is 12.4. The second-order valence-electron chi connectivity index (χ2n) is 2.91. The van der Waals surface area contributed by atoms with Gasteiger partial charge in [-0.15, -0.1) is 0 Å². The molecule has 0 aliphatic heterocycles. The first-order valence-electron chi connectivity index (χ1n) is 4.22. The molecule has 1 rings (SSSR count). The van der Waals surface area contributed by atoms with Gasteiger partial charge in [-0.1, -0.05) is 6.92 Å². The van der Waals surface area contributed by atoms with Gasteiger partial charge >= 0.3 is 5.97 Å². The molecule has 1 N–H and O–H groups in total. The fourth-order valence-electron chi connectivity index (χ4n) is 1.17. The van der Waals surface area contributed by atoms with Crippen LogP contribution in [0.25, 0.3) is 0 Å². The Hall–Kier alpha value is -0.980. The number of carbonyl (C=O) groups is 1. The van der Waals surface area contributed by atoms with E-state index in [1.54, 1.807) is 6.92 Å². The summed E-state index contributed by atoms with van der Waals surface area (Å²) in [5, 5.41) is 12.3. The highest BCUT2D eigenvalue weighted by molar-refractivity contribution is 9.10. The van der Waals surface area contributed by atoms with Gasteiger partial charge in [-0.2, -0.15) is 5.10 Å². The summed E-state index contributed by atoms with van der Waals surface area (Å²) in [7, 11) is 0. The summed E-state index contributed by atoms with van der Waals surface area (Å²) >= 11 is 2.91. The second-order valence-corrected chi connectivity index (χ2v) is 3.76. The number of alkyl halides is 2. The number of aromatic nitrogens is 2. The van der Waals surface area contributed by atoms with Crippen LogP contribution < -0.4 is 0 Å². The van der Waals surface area contributed by atoms with Crippen LogP contribution in [0.3, 0.4) is 0 Å². The summed E-state index contributed by atoms with van der Waals surface area (Å²) in [6.45, 7) is 1.65. The predicted molar refractivity (Wildman–Crippen MR) is 51.8 cm³/mol. The van der Waals surface area contributed by atoms with Gasteiger partial charge in [0.15, 0.2) is 0 Å². The zero-order chi connectivity index (χ0) is 11.6. The summed E-state index contributed by atoms with van der Waals surface area (Å²) in [4.78, 5) is 10.8. The van der Waals surface area contributed by atoms with Gasteiger partial charge in [0, 0.05) is 6.20 Å². The van der Waals surface area contributed by atoms with Gasteiger partial charge in [0.1, 0.15) is 11.7 Å². The molecule has 0 bridgehead atoms. The molecule has 1 atom stereocenters. The van der Waals surface area contributed by atoms with Crippen LogP contribution in [0.5, 0.6) is 0 Å². The molecule has 0 fully saturated rings. The minimum atomic E-state index is -2.72. The van der Waals surface area contributed by atoms with E-state index in [9.17, 15) is 13.6 Å². The Morgan fingerprint density at radius 2 is 2.33 bits per heavy atom. The first-order valence-corrected chi connectivity index (χ1v) is 5.02. The fourth-order valence-corrected chi connectivity index (χ4v) is 1.63. The lowest BCUT2D eigenvalue weighted by molar-refractivity contribution is -0.141. The van der Waals surface area contributed by atoms with Crippen LogP contribution in [0, 0.1) is 0 Å². The third kappa shape index (κ3) is 2.53. The Bertz CT molecular complexity index is 368. The van der Waals surface area contributed by atoms with Crippen molar-refractivity contribution >= 4 is 21.9 Å². The van der Waals surface area contributed by atoms with Crippen LogP contribution in [-0.4, -0.2) is 20.9 Å². The van der Waals surface area contributed by atoms with Crippen LogP contribution in [0.15, 0.2) is 10.7 Å². The molecule has 1 heterocycles. The molecule has 7 heteroatoms. The fraction of sp³-hybridized carbons (Fsp3) is 0.500. The molecule has 0 radical (unpaired) electrons. The summed E-state index contributed by atoms with van der Waals surface area (Å²) in [5.41, 5.74) is -0.435. The van der Waals surface area contributed by atoms with Crippen molar-refractivity contribution in [2.75, 3.05) is 0 Å². The molecule has 0 saturated heterocycles. The van der Waals surface area contributed by atoms with Gasteiger partial charge in [0.05, 0.1) is 4.47 Å². The average Bonchev–Trinajstić information content (AvgIpc) is 2.48. The first-order chi connectivity index (χ1) is 6.97. The van der Waals surface area contributed by atoms with E-state index in [0.29, 0.717) is 0 Å². The topological polar surface area (TPSA) is 55.1 Å². The van der Waals surface area contributed by atoms with E-state index in [1.807, 2.05) is 0 Å². The van der Waals surface area contributed by atoms with Gasteiger partial charge in [-0.25, -0.2) is 13.6 Å². The van der Waals surface area contributed by atoms with Crippen molar-refractivity contribution in [3.05, 3.63) is 16.4 Å². The molecule has 15 heavy (non-hydrogen) atoms. The highest BCUT2D eigenvalue weighted by Gasteiger charge is 2.23. The quantitative estimate of drug-likeness (QED) is 0.924. The second kappa shape index (κ2) is 4.69. The number of hydrogen-bond acceptors (Lipinski definition) is 2. The molecule has 1 aromatic heterocycles. The smallest absolute Gasteiger partial charge is 0.328 e. The Kier molecular flexibility index (Phi) is 3.78. The van der Waals surface area contributed by atoms with Crippen LogP contribution in [0.2, 0.25) is 0 Å². The lowest BCUT2D eigenvalue weighted by atomic mass is 10.2. The number of carboxylic acid groups (broad SMARTS) is 1. The Labute approximate surface area is 93.0 Å². The van der Waals surface area contributed by atoms with E-state index in [-0.39, 0.29) is 10.9 Å². The lowest BCUT2D eigenvalue weighted by Gasteiger charge is -2.09. The zero-order valence-electron chi connectivity index (χ0n) is 7.82. The predicted octanol–water partition coefficient (Wildman–Crippen LogP) is 2.62. The van der Waals surface area contributed by atoms with Gasteiger partial charge in [-0.3, -0.25) is 4.68 Å². The maximum absolute atomic E-state index is 12.4. The minimum Gasteiger partial charge on any atom is -0.480 e. The summed E-state index contributed by atoms with van der Waals surface area (Å²) < 4.78 is 25.9. The number of carboxylic acids is 1. The standard InChI is InChI=1S/C8H9BrF2N2O2/c1-2-5(8(14)15)13-3-4(9)6(12-13)7(10)11/h3,5,7H,2H2,1H3,(H,14,15)/t5-/m1/s1. The largest absolute Gasteiger partial charge is 0.480 e. The van der Waals surface area contributed by atoms with E-state index >= 15 is 0 Å². The van der Waals surface area contributed by atoms with Crippen molar-refractivity contribution < 1.29 is 18.7 Å². The maximum Gasteiger partial charge on any atom is 0.328 e. The van der Waals surface area contributed by atoms with Crippen LogP contribution in [0.1, 0.15) is 31.5 Å². The molecule has 0 aliphatic rings. The Morgan fingerprint density at radius 1 is 1.73 bits per heavy atom. The molecule has 0 aliphatic carbocycles. The van der Waals surface area contributed by atoms with Gasteiger partial charge in [-0.05, 0) is 22.4 Å². The first kappa shape index (κ1) is 12.1. The highest BCUT2D eigenvalue weighted by Crippen LogP contribution is 2.27. The number of halogens is 3. The molecule has 84 valence electrons. The van der Waals surface area contributed by atoms with Crippen molar-refractivity contribution in [2.45, 2.75) is 25.8 Å². The summed E-state index contributed by atoms with van der Waals surface area (Å²) in [5.74, 6) is -1.09. The molecule has 1 aromatic rings. The van der Waals surface area contributed by atoms with E-state index in [0.717, 1.165) is 4.68 Å². The van der Waals surface area contributed by atoms with Gasteiger partial charge in [0.25, 0.3) is 6.43 Å². The van der Waals surface area contributed by atoms with Crippen molar-refractivity contribution in [1.29, 1.82) is 0 Å². The molecular formula is C8H9BrF2N2O2. The van der Waals surface area contributed by atoms with Gasteiger partial charge < -0.3 is 5.11 Å². The molecule has 0 spiro atoms. The van der Waals surface area contributed by atoms with Crippen molar-refractivity contribution in [1.82, 2.24) is 9.78 Å². The third-order valence-electron chi connectivity index (χ3n) is 1.91. The number of nitrogens with zero attached hydrogens (tertiary/aromatic N) is 2. The van der Waals surface area contributed by atoms with E-state index in [1.165, 1.54) is 6.20 Å². The normalized spacial score (nSPS) is 13.1. The molecule has 0 saturated carbocycles. The molecule has 0 unspecified atom stereocenters. The van der Waals surface area contributed by atoms with E-state index < -0.39 is 24.1 Å². The molecular weight excluding hydrogens is 274 g/mol. The molecule has 0 aromatic carbocycles. The Morgan fingerprint density at radius 3 is 2.67 bits per heavy atom. The van der Waals surface area contributed by atoms with E-state index in [4.69, 9.17) is 5.11 Å². The number of aliphatic carboxylic acids is 1. The monoisotopic (exact) mass is 282 g/mol.